The molecule has 0 saturated heterocycles. The number of carbonyl (C=O) groups excluding carboxylic acids is 1. The summed E-state index contributed by atoms with van der Waals surface area (Å²) < 4.78 is 0. The molecule has 2 amide bonds. The fourth-order valence-electron chi connectivity index (χ4n) is 1.92. The van der Waals surface area contributed by atoms with Crippen molar-refractivity contribution in [2.24, 2.45) is 5.92 Å². The van der Waals surface area contributed by atoms with Crippen LogP contribution in [0.25, 0.3) is 0 Å². The number of hydrogen-bond donors (Lipinski definition) is 4. The van der Waals surface area contributed by atoms with Gasteiger partial charge >= 0.3 is 12.0 Å². The van der Waals surface area contributed by atoms with E-state index in [1.807, 2.05) is 0 Å². The topological polar surface area (TPSA) is 98.7 Å². The van der Waals surface area contributed by atoms with Crippen molar-refractivity contribution in [1.29, 1.82) is 0 Å². The van der Waals surface area contributed by atoms with Crippen LogP contribution in [0.3, 0.4) is 0 Å². The molecule has 0 radical (unpaired) electrons. The van der Waals surface area contributed by atoms with Crippen molar-refractivity contribution in [3.63, 3.8) is 0 Å². The number of carbonyl (C=O) groups is 2. The van der Waals surface area contributed by atoms with Crippen LogP contribution in [0.5, 0.6) is 0 Å². The number of carboxylic acids is 1. The van der Waals surface area contributed by atoms with E-state index in [-0.39, 0.29) is 13.0 Å². The number of hydrogen-bond acceptors (Lipinski definition) is 3. The van der Waals surface area contributed by atoms with Gasteiger partial charge in [-0.2, -0.15) is 0 Å². The summed E-state index contributed by atoms with van der Waals surface area (Å²) in [4.78, 5) is 22.8. The standard InChI is InChI=1S/C12H13ClN2O4/c13-8-1-3-9(4-2-8)14-11(19)15-12(10(17)18)5-7(12)6-16/h1-4,7,16H,5-6H2,(H,17,18)(H2,14,15,19). The maximum absolute atomic E-state index is 11.7. The van der Waals surface area contributed by atoms with Crippen molar-refractivity contribution in [2.45, 2.75) is 12.0 Å². The van der Waals surface area contributed by atoms with Crippen LogP contribution in [0, 0.1) is 5.92 Å². The molecule has 1 aromatic rings. The van der Waals surface area contributed by atoms with E-state index in [9.17, 15) is 9.59 Å². The highest BCUT2D eigenvalue weighted by atomic mass is 35.5. The van der Waals surface area contributed by atoms with E-state index in [0.717, 1.165) is 0 Å². The minimum Gasteiger partial charge on any atom is -0.479 e. The number of anilines is 1. The zero-order valence-corrected chi connectivity index (χ0v) is 10.6. The Bertz CT molecular complexity index is 505. The normalized spacial score (nSPS) is 24.6. The highest BCUT2D eigenvalue weighted by Crippen LogP contribution is 2.43. The van der Waals surface area contributed by atoms with Crippen molar-refractivity contribution in [3.05, 3.63) is 29.3 Å². The second-order valence-corrected chi connectivity index (χ2v) is 4.88. The van der Waals surface area contributed by atoms with E-state index in [0.29, 0.717) is 10.7 Å². The van der Waals surface area contributed by atoms with E-state index >= 15 is 0 Å². The van der Waals surface area contributed by atoms with Gasteiger partial charge in [-0.25, -0.2) is 9.59 Å². The molecule has 7 heteroatoms. The fraction of sp³-hybridized carbons (Fsp3) is 0.333. The molecule has 0 spiro atoms. The van der Waals surface area contributed by atoms with Crippen molar-refractivity contribution in [1.82, 2.24) is 5.32 Å². The third kappa shape index (κ3) is 2.80. The fourth-order valence-corrected chi connectivity index (χ4v) is 2.04. The summed E-state index contributed by atoms with van der Waals surface area (Å²) in [6, 6.07) is 5.80. The molecule has 1 aliphatic rings. The second-order valence-electron chi connectivity index (χ2n) is 4.45. The molecule has 0 bridgehead atoms. The lowest BCUT2D eigenvalue weighted by molar-refractivity contribution is -0.141. The number of nitrogens with one attached hydrogen (secondary N) is 2. The van der Waals surface area contributed by atoms with E-state index in [1.165, 1.54) is 0 Å². The number of amides is 2. The summed E-state index contributed by atoms with van der Waals surface area (Å²) in [5.41, 5.74) is -0.853. The quantitative estimate of drug-likeness (QED) is 0.670. The number of carboxylic acid groups (broad SMARTS) is 1. The van der Waals surface area contributed by atoms with Crippen LogP contribution >= 0.6 is 11.6 Å². The van der Waals surface area contributed by atoms with Gasteiger partial charge in [0.2, 0.25) is 0 Å². The molecule has 4 N–H and O–H groups in total. The van der Waals surface area contributed by atoms with Gasteiger partial charge in [-0.15, -0.1) is 0 Å². The van der Waals surface area contributed by atoms with Gasteiger partial charge in [0.15, 0.2) is 0 Å². The molecule has 0 aliphatic heterocycles. The minimum atomic E-state index is -1.36. The van der Waals surface area contributed by atoms with E-state index in [1.54, 1.807) is 24.3 Å². The van der Waals surface area contributed by atoms with Gasteiger partial charge in [-0.3, -0.25) is 0 Å². The van der Waals surface area contributed by atoms with Gasteiger partial charge in [-0.05, 0) is 30.7 Å². The predicted octanol–water partition coefficient (Wildman–Crippen LogP) is 1.30. The van der Waals surface area contributed by atoms with E-state index < -0.39 is 23.5 Å². The molecule has 19 heavy (non-hydrogen) atoms. The first-order valence-electron chi connectivity index (χ1n) is 5.67. The summed E-state index contributed by atoms with van der Waals surface area (Å²) in [6.45, 7) is -0.270. The molecule has 1 saturated carbocycles. The lowest BCUT2D eigenvalue weighted by Crippen LogP contribution is -2.47. The molecule has 1 aliphatic carbocycles. The number of benzene rings is 1. The van der Waals surface area contributed by atoms with Crippen LogP contribution in [-0.2, 0) is 4.79 Å². The molecule has 1 fully saturated rings. The molecule has 0 aromatic heterocycles. The van der Waals surface area contributed by atoms with Crippen molar-refractivity contribution in [3.8, 4) is 0 Å². The zero-order valence-electron chi connectivity index (χ0n) is 9.89. The van der Waals surface area contributed by atoms with Crippen LogP contribution in [-0.4, -0.2) is 34.4 Å². The molecule has 0 heterocycles. The van der Waals surface area contributed by atoms with Gasteiger partial charge < -0.3 is 20.8 Å². The molecule has 2 rings (SSSR count). The Morgan fingerprint density at radius 2 is 2.00 bits per heavy atom. The maximum Gasteiger partial charge on any atom is 0.329 e. The number of rotatable bonds is 4. The average molecular weight is 285 g/mol. The Balaban J connectivity index is 1.98. The summed E-state index contributed by atoms with van der Waals surface area (Å²) >= 11 is 5.71. The number of aliphatic hydroxyl groups excluding tert-OH is 1. The first-order valence-corrected chi connectivity index (χ1v) is 6.05. The largest absolute Gasteiger partial charge is 0.479 e. The third-order valence-corrected chi connectivity index (χ3v) is 3.40. The van der Waals surface area contributed by atoms with E-state index in [4.69, 9.17) is 21.8 Å². The van der Waals surface area contributed by atoms with Gasteiger partial charge in [-0.1, -0.05) is 11.6 Å². The van der Waals surface area contributed by atoms with Crippen LogP contribution in [0.2, 0.25) is 5.02 Å². The van der Waals surface area contributed by atoms with Crippen LogP contribution in [0.4, 0.5) is 10.5 Å². The number of aliphatic hydroxyl groups is 1. The predicted molar refractivity (Wildman–Crippen MR) is 69.2 cm³/mol. The molecule has 1 aromatic carbocycles. The van der Waals surface area contributed by atoms with Crippen LogP contribution < -0.4 is 10.6 Å². The number of aliphatic carboxylic acids is 1. The Labute approximate surface area is 114 Å². The highest BCUT2D eigenvalue weighted by Gasteiger charge is 2.61. The zero-order chi connectivity index (χ0) is 14.0. The third-order valence-electron chi connectivity index (χ3n) is 3.15. The Morgan fingerprint density at radius 3 is 2.47 bits per heavy atom. The first kappa shape index (κ1) is 13.6. The van der Waals surface area contributed by atoms with E-state index in [2.05, 4.69) is 10.6 Å². The minimum absolute atomic E-state index is 0.229. The van der Waals surface area contributed by atoms with Crippen LogP contribution in [0.1, 0.15) is 6.42 Å². The first-order chi connectivity index (χ1) is 8.98. The second kappa shape index (κ2) is 5.07. The van der Waals surface area contributed by atoms with Crippen molar-refractivity contribution >= 4 is 29.3 Å². The monoisotopic (exact) mass is 284 g/mol. The number of urea groups is 1. The van der Waals surface area contributed by atoms with Gasteiger partial charge in [0.1, 0.15) is 5.54 Å². The summed E-state index contributed by atoms with van der Waals surface area (Å²) in [7, 11) is 0. The summed E-state index contributed by atoms with van der Waals surface area (Å²) in [5.74, 6) is -1.58. The molecular formula is C12H13ClN2O4. The molecule has 102 valence electrons. The highest BCUT2D eigenvalue weighted by molar-refractivity contribution is 6.30. The van der Waals surface area contributed by atoms with Crippen molar-refractivity contribution in [2.75, 3.05) is 11.9 Å². The Kier molecular flexibility index (Phi) is 3.64. The number of halogens is 1. The molecular weight excluding hydrogens is 272 g/mol. The lowest BCUT2D eigenvalue weighted by atomic mass is 10.2. The SMILES string of the molecule is O=C(Nc1ccc(Cl)cc1)NC1(C(=O)O)CC1CO. The Hall–Kier alpha value is -1.79. The average Bonchev–Trinajstić information content (AvgIpc) is 3.07. The maximum atomic E-state index is 11.7. The van der Waals surface area contributed by atoms with Gasteiger partial charge in [0.05, 0.1) is 0 Å². The molecule has 2 atom stereocenters. The van der Waals surface area contributed by atoms with Crippen molar-refractivity contribution < 1.29 is 19.8 Å². The van der Waals surface area contributed by atoms with Gasteiger partial charge in [0.25, 0.3) is 0 Å². The van der Waals surface area contributed by atoms with Crippen LogP contribution in [0.15, 0.2) is 24.3 Å². The lowest BCUT2D eigenvalue weighted by Gasteiger charge is -2.15. The molecule has 6 nitrogen and oxygen atoms in total. The molecule has 2 unspecified atom stereocenters. The van der Waals surface area contributed by atoms with Gasteiger partial charge in [0, 0.05) is 23.2 Å². The smallest absolute Gasteiger partial charge is 0.329 e. The summed E-state index contributed by atoms with van der Waals surface area (Å²) in [6.07, 6.45) is 0.229. The summed E-state index contributed by atoms with van der Waals surface area (Å²) in [5, 5.41) is 23.5. The Morgan fingerprint density at radius 1 is 1.37 bits per heavy atom.